The van der Waals surface area contributed by atoms with Crippen LogP contribution in [-0.2, 0) is 4.79 Å². The molecule has 27 heavy (non-hydrogen) atoms. The number of imide groups is 1. The van der Waals surface area contributed by atoms with Crippen LogP contribution in [0.5, 0.6) is 5.75 Å². The van der Waals surface area contributed by atoms with Gasteiger partial charge in [0.25, 0.3) is 11.8 Å². The summed E-state index contributed by atoms with van der Waals surface area (Å²) in [6, 6.07) is 11.7. The Morgan fingerprint density at radius 2 is 1.81 bits per heavy atom. The molecule has 0 aliphatic carbocycles. The van der Waals surface area contributed by atoms with Crippen LogP contribution in [0.4, 0.5) is 5.69 Å². The molecule has 0 saturated carbocycles. The van der Waals surface area contributed by atoms with Crippen molar-refractivity contribution in [2.45, 2.75) is 26.4 Å². The largest absolute Gasteiger partial charge is 0.491 e. The van der Waals surface area contributed by atoms with Gasteiger partial charge >= 0.3 is 0 Å². The summed E-state index contributed by atoms with van der Waals surface area (Å²) in [6.45, 7) is 3.85. The van der Waals surface area contributed by atoms with E-state index in [0.717, 1.165) is 4.90 Å². The second-order valence-electron chi connectivity index (χ2n) is 6.41. The van der Waals surface area contributed by atoms with E-state index in [2.05, 4.69) is 5.32 Å². The molecular weight excluding hydrogens is 368 g/mol. The van der Waals surface area contributed by atoms with Crippen molar-refractivity contribution in [3.05, 3.63) is 58.6 Å². The third-order valence-electron chi connectivity index (χ3n) is 4.02. The molecule has 0 aromatic heterocycles. The molecule has 1 heterocycles. The maximum absolute atomic E-state index is 12.4. The minimum Gasteiger partial charge on any atom is -0.491 e. The smallest absolute Gasteiger partial charge is 0.263 e. The Morgan fingerprint density at radius 3 is 2.44 bits per heavy atom. The average molecular weight is 387 g/mol. The number of amides is 3. The lowest BCUT2D eigenvalue weighted by atomic mass is 10.1. The fourth-order valence-corrected chi connectivity index (χ4v) is 3.08. The van der Waals surface area contributed by atoms with Crippen molar-refractivity contribution in [3.63, 3.8) is 0 Å². The van der Waals surface area contributed by atoms with Crippen LogP contribution < -0.4 is 10.1 Å². The van der Waals surface area contributed by atoms with Gasteiger partial charge in [-0.3, -0.25) is 19.3 Å². The van der Waals surface area contributed by atoms with E-state index in [-0.39, 0.29) is 41.1 Å². The standard InChI is InChI=1S/C20H19ClN2O4/c1-12(2)27-14-8-6-13(7-9-14)22-17(24)10-11-23-19(25)15-4-3-5-16(21)18(15)20(23)26/h3-9,12H,10-11H2,1-2H3,(H,22,24). The molecule has 3 amide bonds. The molecule has 7 heteroatoms. The number of fused-ring (bicyclic) bond motifs is 1. The highest BCUT2D eigenvalue weighted by Gasteiger charge is 2.37. The Kier molecular flexibility index (Phi) is 5.46. The molecule has 0 spiro atoms. The minimum atomic E-state index is -0.469. The van der Waals surface area contributed by atoms with Crippen molar-refractivity contribution in [2.75, 3.05) is 11.9 Å². The predicted molar refractivity (Wildman–Crippen MR) is 102 cm³/mol. The van der Waals surface area contributed by atoms with Gasteiger partial charge in [0, 0.05) is 18.7 Å². The van der Waals surface area contributed by atoms with Crippen LogP contribution in [0.25, 0.3) is 0 Å². The number of nitrogens with one attached hydrogen (secondary N) is 1. The highest BCUT2D eigenvalue weighted by atomic mass is 35.5. The summed E-state index contributed by atoms with van der Waals surface area (Å²) in [7, 11) is 0. The zero-order valence-electron chi connectivity index (χ0n) is 15.0. The number of hydrogen-bond acceptors (Lipinski definition) is 4. The first-order valence-electron chi connectivity index (χ1n) is 8.58. The average Bonchev–Trinajstić information content (AvgIpc) is 2.86. The number of ether oxygens (including phenoxy) is 1. The Bertz CT molecular complexity index is 893. The molecule has 2 aromatic rings. The number of carbonyl (C=O) groups excluding carboxylic acids is 3. The van der Waals surface area contributed by atoms with Crippen LogP contribution in [0.1, 0.15) is 41.0 Å². The van der Waals surface area contributed by atoms with Gasteiger partial charge in [-0.25, -0.2) is 0 Å². The molecular formula is C20H19ClN2O4. The zero-order valence-corrected chi connectivity index (χ0v) is 15.7. The maximum Gasteiger partial charge on any atom is 0.263 e. The van der Waals surface area contributed by atoms with Gasteiger partial charge in [0.05, 0.1) is 22.3 Å². The number of carbonyl (C=O) groups is 3. The summed E-state index contributed by atoms with van der Waals surface area (Å²) < 4.78 is 5.55. The van der Waals surface area contributed by atoms with E-state index in [0.29, 0.717) is 11.4 Å². The van der Waals surface area contributed by atoms with Crippen molar-refractivity contribution in [1.82, 2.24) is 4.90 Å². The molecule has 0 fully saturated rings. The molecule has 140 valence electrons. The molecule has 0 unspecified atom stereocenters. The highest BCUT2D eigenvalue weighted by molar-refractivity contribution is 6.37. The first-order chi connectivity index (χ1) is 12.9. The van der Waals surface area contributed by atoms with Crippen molar-refractivity contribution in [2.24, 2.45) is 0 Å². The molecule has 0 atom stereocenters. The van der Waals surface area contributed by atoms with E-state index in [1.165, 1.54) is 0 Å². The first-order valence-corrected chi connectivity index (χ1v) is 8.96. The number of halogens is 1. The normalized spacial score (nSPS) is 13.1. The molecule has 6 nitrogen and oxygen atoms in total. The van der Waals surface area contributed by atoms with Crippen molar-refractivity contribution < 1.29 is 19.1 Å². The fraction of sp³-hybridized carbons (Fsp3) is 0.250. The fourth-order valence-electron chi connectivity index (χ4n) is 2.82. The molecule has 1 N–H and O–H groups in total. The Morgan fingerprint density at radius 1 is 1.11 bits per heavy atom. The lowest BCUT2D eigenvalue weighted by Crippen LogP contribution is -2.32. The van der Waals surface area contributed by atoms with Crippen LogP contribution >= 0.6 is 11.6 Å². The highest BCUT2D eigenvalue weighted by Crippen LogP contribution is 2.29. The van der Waals surface area contributed by atoms with E-state index in [1.54, 1.807) is 42.5 Å². The topological polar surface area (TPSA) is 75.7 Å². The van der Waals surface area contributed by atoms with Crippen LogP contribution in [0.15, 0.2) is 42.5 Å². The second kappa shape index (κ2) is 7.80. The first kappa shape index (κ1) is 18.9. The number of anilines is 1. The quantitative estimate of drug-likeness (QED) is 0.767. The van der Waals surface area contributed by atoms with E-state index in [1.807, 2.05) is 13.8 Å². The van der Waals surface area contributed by atoms with E-state index >= 15 is 0 Å². The number of rotatable bonds is 6. The van der Waals surface area contributed by atoms with Gasteiger partial charge in [0.1, 0.15) is 5.75 Å². The summed E-state index contributed by atoms with van der Waals surface area (Å²) in [4.78, 5) is 38.0. The van der Waals surface area contributed by atoms with Gasteiger partial charge < -0.3 is 10.1 Å². The molecule has 1 aliphatic rings. The summed E-state index contributed by atoms with van der Waals surface area (Å²) >= 11 is 6.02. The van der Waals surface area contributed by atoms with Gasteiger partial charge in [-0.1, -0.05) is 17.7 Å². The van der Waals surface area contributed by atoms with Crippen LogP contribution in [0, 0.1) is 0 Å². The predicted octanol–water partition coefficient (Wildman–Crippen LogP) is 3.75. The number of benzene rings is 2. The van der Waals surface area contributed by atoms with Gasteiger partial charge in [0.15, 0.2) is 0 Å². The molecule has 3 rings (SSSR count). The third-order valence-corrected chi connectivity index (χ3v) is 4.34. The van der Waals surface area contributed by atoms with Gasteiger partial charge in [-0.15, -0.1) is 0 Å². The Labute approximate surface area is 162 Å². The SMILES string of the molecule is CC(C)Oc1ccc(NC(=O)CCN2C(=O)c3cccc(Cl)c3C2=O)cc1. The third kappa shape index (κ3) is 4.11. The minimum absolute atomic E-state index is 0.00661. The Balaban J connectivity index is 1.58. The van der Waals surface area contributed by atoms with Crippen LogP contribution in [-0.4, -0.2) is 35.3 Å². The molecule has 0 bridgehead atoms. The van der Waals surface area contributed by atoms with Gasteiger partial charge in [0.2, 0.25) is 5.91 Å². The van der Waals surface area contributed by atoms with E-state index in [9.17, 15) is 14.4 Å². The van der Waals surface area contributed by atoms with E-state index in [4.69, 9.17) is 16.3 Å². The monoisotopic (exact) mass is 386 g/mol. The molecule has 2 aromatic carbocycles. The van der Waals surface area contributed by atoms with Gasteiger partial charge in [-0.2, -0.15) is 0 Å². The van der Waals surface area contributed by atoms with Crippen LogP contribution in [0.3, 0.4) is 0 Å². The second-order valence-corrected chi connectivity index (χ2v) is 6.82. The number of nitrogens with zero attached hydrogens (tertiary/aromatic N) is 1. The lowest BCUT2D eigenvalue weighted by molar-refractivity contribution is -0.116. The molecule has 0 saturated heterocycles. The molecule has 0 radical (unpaired) electrons. The lowest BCUT2D eigenvalue weighted by Gasteiger charge is -2.14. The van der Waals surface area contributed by atoms with Crippen LogP contribution in [0.2, 0.25) is 5.02 Å². The van der Waals surface area contributed by atoms with Gasteiger partial charge in [-0.05, 0) is 50.2 Å². The summed E-state index contributed by atoms with van der Waals surface area (Å²) in [5, 5.41) is 2.98. The number of hydrogen-bond donors (Lipinski definition) is 1. The summed E-state index contributed by atoms with van der Waals surface area (Å²) in [6.07, 6.45) is 0.0615. The van der Waals surface area contributed by atoms with Crippen molar-refractivity contribution in [1.29, 1.82) is 0 Å². The summed E-state index contributed by atoms with van der Waals surface area (Å²) in [5.74, 6) is -0.481. The zero-order chi connectivity index (χ0) is 19.6. The summed E-state index contributed by atoms with van der Waals surface area (Å²) in [5.41, 5.74) is 1.08. The van der Waals surface area contributed by atoms with Crippen molar-refractivity contribution in [3.8, 4) is 5.75 Å². The van der Waals surface area contributed by atoms with Crippen molar-refractivity contribution >= 4 is 35.0 Å². The Hall–Kier alpha value is -2.86. The molecule has 1 aliphatic heterocycles. The maximum atomic E-state index is 12.4. The van der Waals surface area contributed by atoms with E-state index < -0.39 is 11.8 Å².